The largest absolute Gasteiger partial charge is 0.371 e. The third kappa shape index (κ3) is 2.01. The third-order valence-electron chi connectivity index (χ3n) is 4.00. The van der Waals surface area contributed by atoms with E-state index in [1.807, 2.05) is 17.7 Å². The second kappa shape index (κ2) is 5.06. The van der Waals surface area contributed by atoms with E-state index in [1.165, 1.54) is 12.1 Å². The first-order chi connectivity index (χ1) is 11.6. The molecule has 0 aliphatic heterocycles. The van der Waals surface area contributed by atoms with Crippen LogP contribution in [0.3, 0.4) is 0 Å². The van der Waals surface area contributed by atoms with Gasteiger partial charge in [-0.05, 0) is 29.8 Å². The fourth-order valence-electron chi connectivity index (χ4n) is 2.92. The molecule has 6 nitrogen and oxygen atoms in total. The molecule has 2 N–H and O–H groups in total. The molecule has 118 valence electrons. The number of fused-ring (bicyclic) bond motifs is 3. The molecule has 0 unspecified atom stereocenters. The summed E-state index contributed by atoms with van der Waals surface area (Å²) >= 11 is 0. The average molecular weight is 320 g/mol. The number of hydrogen-bond donors (Lipinski definition) is 2. The molecule has 0 amide bonds. The lowest BCUT2D eigenvalue weighted by Gasteiger charge is -2.02. The summed E-state index contributed by atoms with van der Waals surface area (Å²) in [5, 5.41) is 3.94. The van der Waals surface area contributed by atoms with Crippen LogP contribution in [0.2, 0.25) is 0 Å². The summed E-state index contributed by atoms with van der Waals surface area (Å²) in [6.07, 6.45) is 1.73. The summed E-state index contributed by atoms with van der Waals surface area (Å²) in [7, 11) is 3.71. The third-order valence-corrected chi connectivity index (χ3v) is 4.00. The number of H-pyrrole nitrogens is 1. The van der Waals surface area contributed by atoms with Crippen LogP contribution in [0.1, 0.15) is 0 Å². The summed E-state index contributed by atoms with van der Waals surface area (Å²) in [5.74, 6) is 0.235. The summed E-state index contributed by atoms with van der Waals surface area (Å²) in [6.45, 7) is 7.09. The van der Waals surface area contributed by atoms with Crippen molar-refractivity contribution in [3.05, 3.63) is 47.8 Å². The molecule has 0 atom stereocenters. The van der Waals surface area contributed by atoms with Crippen molar-refractivity contribution < 1.29 is 4.39 Å². The van der Waals surface area contributed by atoms with Crippen LogP contribution in [0.4, 0.5) is 15.9 Å². The van der Waals surface area contributed by atoms with E-state index < -0.39 is 5.82 Å². The predicted molar refractivity (Wildman–Crippen MR) is 91.6 cm³/mol. The number of aromatic amines is 1. The average Bonchev–Trinajstić information content (AvgIpc) is 3.17. The minimum absolute atomic E-state index is 0.262. The lowest BCUT2D eigenvalue weighted by molar-refractivity contribution is 0.629. The molecule has 7 heteroatoms. The topological polar surface area (TPSA) is 62.9 Å². The van der Waals surface area contributed by atoms with E-state index >= 15 is 0 Å². The monoisotopic (exact) mass is 320 g/mol. The molecule has 0 bridgehead atoms. The summed E-state index contributed by atoms with van der Waals surface area (Å²) in [5.41, 5.74) is 3.98. The van der Waals surface area contributed by atoms with Gasteiger partial charge in [-0.2, -0.15) is 0 Å². The van der Waals surface area contributed by atoms with Crippen molar-refractivity contribution in [3.8, 4) is 11.3 Å². The number of aryl methyl sites for hydroxylation is 1. The van der Waals surface area contributed by atoms with Crippen molar-refractivity contribution in [3.63, 3.8) is 0 Å². The molecule has 0 spiro atoms. The number of rotatable bonds is 2. The first-order valence-electron chi connectivity index (χ1n) is 7.30. The number of halogens is 1. The first-order valence-corrected chi connectivity index (χ1v) is 7.30. The predicted octanol–water partition coefficient (Wildman–Crippen LogP) is 3.85. The van der Waals surface area contributed by atoms with Crippen LogP contribution in [0.15, 0.2) is 30.6 Å². The Labute approximate surface area is 136 Å². The van der Waals surface area contributed by atoms with E-state index in [0.717, 1.165) is 16.4 Å². The van der Waals surface area contributed by atoms with Gasteiger partial charge in [0.25, 0.3) is 0 Å². The number of imidazole rings is 1. The lowest BCUT2D eigenvalue weighted by Crippen LogP contribution is -1.95. The van der Waals surface area contributed by atoms with Crippen LogP contribution in [0.5, 0.6) is 0 Å². The van der Waals surface area contributed by atoms with Crippen LogP contribution < -0.4 is 5.32 Å². The number of nitrogens with zero attached hydrogens (tertiary/aromatic N) is 4. The van der Waals surface area contributed by atoms with Gasteiger partial charge in [0, 0.05) is 25.2 Å². The molecule has 3 heterocycles. The molecule has 0 saturated carbocycles. The lowest BCUT2D eigenvalue weighted by atomic mass is 10.1. The summed E-state index contributed by atoms with van der Waals surface area (Å²) < 4.78 is 15.7. The van der Waals surface area contributed by atoms with E-state index in [2.05, 4.69) is 25.1 Å². The molecule has 3 aromatic heterocycles. The van der Waals surface area contributed by atoms with Gasteiger partial charge in [0.2, 0.25) is 0 Å². The fraction of sp³-hybridized carbons (Fsp3) is 0.118. The van der Waals surface area contributed by atoms with E-state index in [9.17, 15) is 4.39 Å². The summed E-state index contributed by atoms with van der Waals surface area (Å²) in [6, 6.07) is 6.18. The highest BCUT2D eigenvalue weighted by atomic mass is 19.1. The maximum absolute atomic E-state index is 13.7. The zero-order valence-electron chi connectivity index (χ0n) is 13.1. The molecule has 0 fully saturated rings. The van der Waals surface area contributed by atoms with Gasteiger partial charge in [0.1, 0.15) is 17.0 Å². The van der Waals surface area contributed by atoms with Gasteiger partial charge < -0.3 is 14.9 Å². The number of aromatic nitrogens is 4. The second-order valence-corrected chi connectivity index (χ2v) is 5.52. The Morgan fingerprint density at radius 2 is 2.12 bits per heavy atom. The maximum atomic E-state index is 13.7. The Balaban J connectivity index is 2.03. The number of nitrogens with one attached hydrogen (secondary N) is 2. The molecule has 0 aliphatic carbocycles. The highest BCUT2D eigenvalue weighted by Gasteiger charge is 2.15. The Hall–Kier alpha value is -3.40. The molecule has 4 rings (SSSR count). The zero-order valence-corrected chi connectivity index (χ0v) is 13.1. The summed E-state index contributed by atoms with van der Waals surface area (Å²) in [4.78, 5) is 15.5. The van der Waals surface area contributed by atoms with Crippen molar-refractivity contribution in [1.29, 1.82) is 0 Å². The van der Waals surface area contributed by atoms with E-state index in [4.69, 9.17) is 6.57 Å². The van der Waals surface area contributed by atoms with Gasteiger partial charge >= 0.3 is 0 Å². The van der Waals surface area contributed by atoms with Crippen molar-refractivity contribution in [1.82, 2.24) is 19.5 Å². The number of pyridine rings is 1. The molecule has 0 aliphatic rings. The van der Waals surface area contributed by atoms with Gasteiger partial charge in [0.05, 0.1) is 18.4 Å². The van der Waals surface area contributed by atoms with Gasteiger partial charge in [0.15, 0.2) is 11.5 Å². The normalized spacial score (nSPS) is 11.1. The van der Waals surface area contributed by atoms with Crippen LogP contribution >= 0.6 is 0 Å². The fourth-order valence-corrected chi connectivity index (χ4v) is 2.92. The highest BCUT2D eigenvalue weighted by molar-refractivity contribution is 6.07. The van der Waals surface area contributed by atoms with Crippen LogP contribution in [0.25, 0.3) is 38.2 Å². The van der Waals surface area contributed by atoms with Crippen molar-refractivity contribution in [2.75, 3.05) is 12.4 Å². The Kier molecular flexibility index (Phi) is 3.00. The maximum Gasteiger partial charge on any atom is 0.190 e. The molecule has 1 aromatic carbocycles. The molecule has 0 radical (unpaired) electrons. The zero-order chi connectivity index (χ0) is 16.8. The molecular formula is C17H13FN6. The van der Waals surface area contributed by atoms with E-state index in [-0.39, 0.29) is 5.69 Å². The number of benzene rings is 1. The smallest absolute Gasteiger partial charge is 0.190 e. The van der Waals surface area contributed by atoms with Crippen molar-refractivity contribution >= 4 is 33.6 Å². The van der Waals surface area contributed by atoms with Crippen LogP contribution in [0, 0.1) is 12.4 Å². The second-order valence-electron chi connectivity index (χ2n) is 5.52. The van der Waals surface area contributed by atoms with Crippen molar-refractivity contribution in [2.45, 2.75) is 0 Å². The molecular weight excluding hydrogens is 307 g/mol. The Morgan fingerprint density at radius 1 is 1.29 bits per heavy atom. The molecule has 0 saturated heterocycles. The molecule has 4 aromatic rings. The SMILES string of the molecule is [C-]#[N+]c1cc(F)cc(-c2cc3c(nc(NC)c4ncn(C)c43)[nH]2)c1. The first kappa shape index (κ1) is 14.2. The quantitative estimate of drug-likeness (QED) is 0.551. The number of hydrogen-bond acceptors (Lipinski definition) is 3. The van der Waals surface area contributed by atoms with Gasteiger partial charge in [-0.25, -0.2) is 19.2 Å². The van der Waals surface area contributed by atoms with Crippen LogP contribution in [-0.4, -0.2) is 26.6 Å². The van der Waals surface area contributed by atoms with Crippen LogP contribution in [-0.2, 0) is 7.05 Å². The highest BCUT2D eigenvalue weighted by Crippen LogP contribution is 2.33. The Morgan fingerprint density at radius 3 is 2.88 bits per heavy atom. The van der Waals surface area contributed by atoms with Gasteiger partial charge in [-0.3, -0.25) is 0 Å². The molecule has 24 heavy (non-hydrogen) atoms. The Bertz CT molecular complexity index is 1130. The van der Waals surface area contributed by atoms with E-state index in [1.54, 1.807) is 19.4 Å². The standard InChI is InChI=1S/C17H13FN6/c1-19-11-5-9(4-10(18)6-11)13-7-12-15-14(21-8-24(15)3)17(20-2)23-16(12)22-13/h4-8H,2-3H3,(H2,20,22,23). The minimum atomic E-state index is -0.438. The van der Waals surface area contributed by atoms with Gasteiger partial charge in [-0.1, -0.05) is 0 Å². The van der Waals surface area contributed by atoms with E-state index in [0.29, 0.717) is 22.7 Å². The van der Waals surface area contributed by atoms with Crippen molar-refractivity contribution in [2.24, 2.45) is 7.05 Å². The van der Waals surface area contributed by atoms with Gasteiger partial charge in [-0.15, -0.1) is 0 Å². The minimum Gasteiger partial charge on any atom is -0.371 e. The number of anilines is 1.